The van der Waals surface area contributed by atoms with Gasteiger partial charge in [0.1, 0.15) is 10.7 Å². The Bertz CT molecular complexity index is 617. The molecule has 1 aliphatic rings. The summed E-state index contributed by atoms with van der Waals surface area (Å²) in [6.45, 7) is 1.29. The van der Waals surface area contributed by atoms with E-state index < -0.39 is 27.3 Å². The predicted molar refractivity (Wildman–Crippen MR) is 79.1 cm³/mol. The van der Waals surface area contributed by atoms with Gasteiger partial charge in [-0.25, -0.2) is 17.5 Å². The fourth-order valence-corrected chi connectivity index (χ4v) is 4.05. The second-order valence-electron chi connectivity index (χ2n) is 5.44. The summed E-state index contributed by atoms with van der Waals surface area (Å²) >= 11 is 5.80. The average molecular weight is 336 g/mol. The number of aliphatic hydroxyl groups is 1. The highest BCUT2D eigenvalue weighted by Gasteiger charge is 2.29. The summed E-state index contributed by atoms with van der Waals surface area (Å²) in [7, 11) is -4.00. The molecule has 0 amide bonds. The van der Waals surface area contributed by atoms with Gasteiger partial charge in [-0.15, -0.1) is 0 Å². The highest BCUT2D eigenvalue weighted by Crippen LogP contribution is 2.34. The molecule has 0 heterocycles. The number of sulfonamides is 1. The Morgan fingerprint density at radius 2 is 2.14 bits per heavy atom. The normalized spacial score (nSPS) is 17.0. The molecule has 0 aromatic heterocycles. The molecule has 118 valence electrons. The molecule has 0 bridgehead atoms. The lowest BCUT2D eigenvalue weighted by Crippen LogP contribution is -2.35. The third-order valence-electron chi connectivity index (χ3n) is 3.67. The lowest BCUT2D eigenvalue weighted by Gasteiger charge is -2.17. The lowest BCUT2D eigenvalue weighted by atomic mass is 10.1. The van der Waals surface area contributed by atoms with Crippen LogP contribution in [0.25, 0.3) is 0 Å². The number of halogens is 2. The van der Waals surface area contributed by atoms with Crippen molar-refractivity contribution in [3.05, 3.63) is 28.5 Å². The molecule has 0 radical (unpaired) electrons. The first-order chi connectivity index (χ1) is 9.87. The van der Waals surface area contributed by atoms with Gasteiger partial charge in [-0.05, 0) is 30.9 Å². The summed E-state index contributed by atoms with van der Waals surface area (Å²) in [5, 5.41) is 9.15. The van der Waals surface area contributed by atoms with Crippen LogP contribution in [0.2, 0.25) is 5.02 Å². The number of rotatable bonds is 7. The van der Waals surface area contributed by atoms with Crippen molar-refractivity contribution >= 4 is 21.6 Å². The summed E-state index contributed by atoms with van der Waals surface area (Å²) in [5.74, 6) is -0.384. The van der Waals surface area contributed by atoms with Crippen LogP contribution in [-0.4, -0.2) is 19.6 Å². The van der Waals surface area contributed by atoms with Crippen molar-refractivity contribution in [2.45, 2.75) is 50.2 Å². The Morgan fingerprint density at radius 3 is 2.67 bits per heavy atom. The van der Waals surface area contributed by atoms with Crippen molar-refractivity contribution < 1.29 is 17.9 Å². The molecule has 1 atom stereocenters. The first-order valence-corrected chi connectivity index (χ1v) is 8.84. The Labute approximate surface area is 129 Å². The van der Waals surface area contributed by atoms with Crippen LogP contribution in [0, 0.1) is 11.7 Å². The van der Waals surface area contributed by atoms with Gasteiger partial charge in [-0.2, -0.15) is 0 Å². The minimum atomic E-state index is -4.00. The van der Waals surface area contributed by atoms with Crippen molar-refractivity contribution in [2.24, 2.45) is 5.92 Å². The van der Waals surface area contributed by atoms with Gasteiger partial charge >= 0.3 is 0 Å². The number of hydrogen-bond acceptors (Lipinski definition) is 3. The summed E-state index contributed by atoms with van der Waals surface area (Å²) in [5.41, 5.74) is -0.127. The molecule has 21 heavy (non-hydrogen) atoms. The van der Waals surface area contributed by atoms with Crippen LogP contribution in [0.15, 0.2) is 17.0 Å². The molecular weight excluding hydrogens is 317 g/mol. The van der Waals surface area contributed by atoms with Gasteiger partial charge in [0.25, 0.3) is 0 Å². The number of nitrogens with one attached hydrogen (secondary N) is 1. The van der Waals surface area contributed by atoms with Gasteiger partial charge in [-0.3, -0.25) is 0 Å². The highest BCUT2D eigenvalue weighted by atomic mass is 35.5. The SMILES string of the molecule is CCC(CC1CC1)NS(=O)(=O)c1cc(Cl)cc(CO)c1F. The van der Waals surface area contributed by atoms with E-state index in [2.05, 4.69) is 4.72 Å². The van der Waals surface area contributed by atoms with Crippen LogP contribution >= 0.6 is 11.6 Å². The molecule has 0 aliphatic heterocycles. The first kappa shape index (κ1) is 16.7. The molecule has 1 aliphatic carbocycles. The van der Waals surface area contributed by atoms with Gasteiger partial charge in [0.05, 0.1) is 6.61 Å². The van der Waals surface area contributed by atoms with Crippen LogP contribution < -0.4 is 4.72 Å². The molecular formula is C14H19ClFNO3S. The molecule has 7 heteroatoms. The zero-order valence-corrected chi connectivity index (χ0v) is 13.3. The molecule has 1 unspecified atom stereocenters. The number of hydrogen-bond donors (Lipinski definition) is 2. The second kappa shape index (κ2) is 6.60. The Hall–Kier alpha value is -0.690. The van der Waals surface area contributed by atoms with Crippen LogP contribution in [-0.2, 0) is 16.6 Å². The predicted octanol–water partition coefficient (Wildman–Crippen LogP) is 2.83. The minimum Gasteiger partial charge on any atom is -0.392 e. The molecule has 2 N–H and O–H groups in total. The maximum absolute atomic E-state index is 14.1. The zero-order valence-electron chi connectivity index (χ0n) is 11.8. The van der Waals surface area contributed by atoms with Crippen LogP contribution in [0.5, 0.6) is 0 Å². The second-order valence-corrected chi connectivity index (χ2v) is 7.56. The van der Waals surface area contributed by atoms with Crippen molar-refractivity contribution in [1.82, 2.24) is 4.72 Å². The first-order valence-electron chi connectivity index (χ1n) is 6.98. The summed E-state index contributed by atoms with van der Waals surface area (Å²) in [6.07, 6.45) is 3.66. The maximum Gasteiger partial charge on any atom is 0.243 e. The van der Waals surface area contributed by atoms with Crippen LogP contribution in [0.4, 0.5) is 4.39 Å². The summed E-state index contributed by atoms with van der Waals surface area (Å²) in [4.78, 5) is -0.506. The van der Waals surface area contributed by atoms with E-state index in [0.29, 0.717) is 12.3 Å². The van der Waals surface area contributed by atoms with E-state index in [9.17, 15) is 12.8 Å². The van der Waals surface area contributed by atoms with Crippen LogP contribution in [0.3, 0.4) is 0 Å². The monoisotopic (exact) mass is 335 g/mol. The quantitative estimate of drug-likeness (QED) is 0.805. The van der Waals surface area contributed by atoms with Crippen molar-refractivity contribution in [3.8, 4) is 0 Å². The molecule has 1 aromatic carbocycles. The Balaban J connectivity index is 2.27. The van der Waals surface area contributed by atoms with E-state index >= 15 is 0 Å². The smallest absolute Gasteiger partial charge is 0.243 e. The lowest BCUT2D eigenvalue weighted by molar-refractivity contribution is 0.274. The summed E-state index contributed by atoms with van der Waals surface area (Å²) < 4.78 is 41.4. The molecule has 4 nitrogen and oxygen atoms in total. The van der Waals surface area contributed by atoms with Gasteiger partial charge in [0, 0.05) is 16.6 Å². The molecule has 1 fully saturated rings. The van der Waals surface area contributed by atoms with E-state index in [1.807, 2.05) is 6.92 Å². The van der Waals surface area contributed by atoms with E-state index in [-0.39, 0.29) is 16.6 Å². The molecule has 1 saturated carbocycles. The number of aliphatic hydroxyl groups excluding tert-OH is 1. The average Bonchev–Trinajstić information content (AvgIpc) is 3.23. The van der Waals surface area contributed by atoms with E-state index in [1.54, 1.807) is 0 Å². The van der Waals surface area contributed by atoms with Crippen LogP contribution in [0.1, 0.15) is 38.2 Å². The molecule has 0 saturated heterocycles. The minimum absolute atomic E-state index is 0.0797. The zero-order chi connectivity index (χ0) is 15.6. The third-order valence-corrected chi connectivity index (χ3v) is 5.41. The maximum atomic E-state index is 14.1. The molecule has 2 rings (SSSR count). The van der Waals surface area contributed by atoms with E-state index in [0.717, 1.165) is 25.3 Å². The standard InChI is InChI=1S/C14H19ClFNO3S/c1-2-12(5-9-3-4-9)17-21(19,20)13-7-11(15)6-10(8-18)14(13)16/h6-7,9,12,17-18H,2-5,8H2,1H3. The highest BCUT2D eigenvalue weighted by molar-refractivity contribution is 7.89. The Morgan fingerprint density at radius 1 is 1.48 bits per heavy atom. The van der Waals surface area contributed by atoms with Gasteiger partial charge in [0.15, 0.2) is 0 Å². The summed E-state index contributed by atoms with van der Waals surface area (Å²) in [6, 6.07) is 2.08. The van der Waals surface area contributed by atoms with E-state index in [4.69, 9.17) is 16.7 Å². The van der Waals surface area contributed by atoms with E-state index in [1.165, 1.54) is 6.07 Å². The largest absolute Gasteiger partial charge is 0.392 e. The fourth-order valence-electron chi connectivity index (χ4n) is 2.27. The van der Waals surface area contributed by atoms with Crippen molar-refractivity contribution in [2.75, 3.05) is 0 Å². The fraction of sp³-hybridized carbons (Fsp3) is 0.571. The van der Waals surface area contributed by atoms with Gasteiger partial charge in [0.2, 0.25) is 10.0 Å². The molecule has 1 aromatic rings. The Kier molecular flexibility index (Phi) is 5.24. The van der Waals surface area contributed by atoms with Gasteiger partial charge in [-0.1, -0.05) is 31.4 Å². The third kappa shape index (κ3) is 4.16. The number of benzene rings is 1. The molecule has 0 spiro atoms. The topological polar surface area (TPSA) is 66.4 Å². The van der Waals surface area contributed by atoms with Crippen molar-refractivity contribution in [1.29, 1.82) is 0 Å². The van der Waals surface area contributed by atoms with Gasteiger partial charge < -0.3 is 5.11 Å². The van der Waals surface area contributed by atoms with Crippen molar-refractivity contribution in [3.63, 3.8) is 0 Å².